The fourth-order valence-electron chi connectivity index (χ4n) is 2.90. The number of hydrogen-bond acceptors (Lipinski definition) is 3. The standard InChI is InChI=1S/C17H12FN3O2/c18-12-6-4-11(5-7-12)14-13(10-19)16(22)20-17(23)15(14)21-8-2-1-3-9-21/h1-9,13-15H/p+1. The number of nitrogens with one attached hydrogen (secondary N) is 1. The van der Waals surface area contributed by atoms with Gasteiger partial charge in [0.05, 0.1) is 12.0 Å². The molecule has 1 aliphatic heterocycles. The maximum absolute atomic E-state index is 13.2. The smallest absolute Gasteiger partial charge is 0.289 e. The third-order valence-corrected chi connectivity index (χ3v) is 3.95. The van der Waals surface area contributed by atoms with Gasteiger partial charge in [0.15, 0.2) is 12.4 Å². The summed E-state index contributed by atoms with van der Waals surface area (Å²) in [7, 11) is 0. The number of nitriles is 1. The first-order chi connectivity index (χ1) is 11.1. The number of amides is 2. The van der Waals surface area contributed by atoms with Gasteiger partial charge in [-0.15, -0.1) is 0 Å². The first-order valence-electron chi connectivity index (χ1n) is 7.07. The highest BCUT2D eigenvalue weighted by molar-refractivity contribution is 6.02. The predicted molar refractivity (Wildman–Crippen MR) is 77.1 cm³/mol. The SMILES string of the molecule is N#CC1C(=O)NC(=O)C([n+]2ccccc2)C1c1ccc(F)cc1. The topological polar surface area (TPSA) is 73.8 Å². The largest absolute Gasteiger partial charge is 0.296 e. The van der Waals surface area contributed by atoms with Gasteiger partial charge >= 0.3 is 0 Å². The van der Waals surface area contributed by atoms with E-state index in [0.717, 1.165) is 0 Å². The molecule has 0 bridgehead atoms. The van der Waals surface area contributed by atoms with Crippen LogP contribution in [0.5, 0.6) is 0 Å². The lowest BCUT2D eigenvalue weighted by atomic mass is 9.77. The predicted octanol–water partition coefficient (Wildman–Crippen LogP) is 1.23. The molecule has 1 fully saturated rings. The lowest BCUT2D eigenvalue weighted by Gasteiger charge is -2.29. The Kier molecular flexibility index (Phi) is 3.85. The number of hydrogen-bond donors (Lipinski definition) is 1. The lowest BCUT2D eigenvalue weighted by Crippen LogP contribution is -2.59. The molecule has 2 aromatic rings. The van der Waals surface area contributed by atoms with Crippen LogP contribution in [-0.4, -0.2) is 11.8 Å². The van der Waals surface area contributed by atoms with E-state index in [9.17, 15) is 19.2 Å². The van der Waals surface area contributed by atoms with Gasteiger partial charge in [0, 0.05) is 12.1 Å². The third-order valence-electron chi connectivity index (χ3n) is 3.95. The van der Waals surface area contributed by atoms with Crippen LogP contribution in [0.1, 0.15) is 17.5 Å². The minimum atomic E-state index is -1.03. The molecular weight excluding hydrogens is 297 g/mol. The Morgan fingerprint density at radius 3 is 2.30 bits per heavy atom. The van der Waals surface area contributed by atoms with Gasteiger partial charge in [-0.05, 0) is 17.7 Å². The highest BCUT2D eigenvalue weighted by Crippen LogP contribution is 2.35. The van der Waals surface area contributed by atoms with Crippen molar-refractivity contribution in [1.82, 2.24) is 5.32 Å². The van der Waals surface area contributed by atoms with Crippen LogP contribution in [0.2, 0.25) is 0 Å². The molecule has 3 unspecified atom stereocenters. The van der Waals surface area contributed by atoms with Gasteiger partial charge in [0.25, 0.3) is 5.91 Å². The average Bonchev–Trinajstić information content (AvgIpc) is 2.56. The number of benzene rings is 1. The van der Waals surface area contributed by atoms with Crippen LogP contribution < -0.4 is 9.88 Å². The van der Waals surface area contributed by atoms with Crippen LogP contribution in [0.15, 0.2) is 54.9 Å². The summed E-state index contributed by atoms with van der Waals surface area (Å²) in [5, 5.41) is 11.6. The van der Waals surface area contributed by atoms with Crippen LogP contribution in [-0.2, 0) is 9.59 Å². The van der Waals surface area contributed by atoms with Gasteiger partial charge < -0.3 is 0 Å². The number of aromatic nitrogens is 1. The molecular formula is C17H13FN3O2+. The van der Waals surface area contributed by atoms with Crippen molar-refractivity contribution >= 4 is 11.8 Å². The Hall–Kier alpha value is -3.07. The summed E-state index contributed by atoms with van der Waals surface area (Å²) in [6.45, 7) is 0. The van der Waals surface area contributed by atoms with Crippen LogP contribution in [0, 0.1) is 23.1 Å². The van der Waals surface area contributed by atoms with Crippen LogP contribution in [0.3, 0.4) is 0 Å². The molecule has 1 aliphatic rings. The Labute approximate surface area is 132 Å². The Morgan fingerprint density at radius 2 is 1.70 bits per heavy atom. The second kappa shape index (κ2) is 5.97. The van der Waals surface area contributed by atoms with E-state index in [1.165, 1.54) is 24.3 Å². The first-order valence-corrected chi connectivity index (χ1v) is 7.07. The minimum absolute atomic E-state index is 0.419. The van der Waals surface area contributed by atoms with Crippen LogP contribution in [0.25, 0.3) is 0 Å². The number of rotatable bonds is 2. The third kappa shape index (κ3) is 2.69. The molecule has 1 aromatic carbocycles. The molecule has 5 nitrogen and oxygen atoms in total. The summed E-state index contributed by atoms with van der Waals surface area (Å²) in [5.74, 6) is -3.24. The van der Waals surface area contributed by atoms with E-state index in [1.807, 2.05) is 6.07 Å². The maximum Gasteiger partial charge on any atom is 0.296 e. The molecule has 23 heavy (non-hydrogen) atoms. The van der Waals surface area contributed by atoms with Crippen molar-refractivity contribution in [2.24, 2.45) is 5.92 Å². The van der Waals surface area contributed by atoms with Gasteiger partial charge in [0.1, 0.15) is 11.7 Å². The van der Waals surface area contributed by atoms with Crippen molar-refractivity contribution in [3.63, 3.8) is 0 Å². The molecule has 2 amide bonds. The molecule has 3 rings (SSSR count). The van der Waals surface area contributed by atoms with Crippen molar-refractivity contribution < 1.29 is 18.5 Å². The number of halogens is 1. The normalized spacial score (nSPS) is 23.9. The number of carbonyl (C=O) groups is 2. The van der Waals surface area contributed by atoms with Gasteiger partial charge in [0.2, 0.25) is 11.9 Å². The van der Waals surface area contributed by atoms with E-state index in [4.69, 9.17) is 0 Å². The van der Waals surface area contributed by atoms with Crippen molar-refractivity contribution in [2.45, 2.75) is 12.0 Å². The monoisotopic (exact) mass is 310 g/mol. The summed E-state index contributed by atoms with van der Waals surface area (Å²) >= 11 is 0. The summed E-state index contributed by atoms with van der Waals surface area (Å²) in [6.07, 6.45) is 3.40. The Bertz CT molecular complexity index is 784. The zero-order chi connectivity index (χ0) is 16.4. The number of carbonyl (C=O) groups excluding carboxylic acids is 2. The van der Waals surface area contributed by atoms with Gasteiger partial charge in [-0.3, -0.25) is 14.9 Å². The van der Waals surface area contributed by atoms with E-state index in [2.05, 4.69) is 5.32 Å². The molecule has 1 N–H and O–H groups in total. The van der Waals surface area contributed by atoms with E-state index >= 15 is 0 Å². The summed E-state index contributed by atoms with van der Waals surface area (Å²) < 4.78 is 14.8. The summed E-state index contributed by atoms with van der Waals surface area (Å²) in [5.41, 5.74) is 0.572. The highest BCUT2D eigenvalue weighted by Gasteiger charge is 2.50. The lowest BCUT2D eigenvalue weighted by molar-refractivity contribution is -0.713. The van der Waals surface area contributed by atoms with E-state index in [-0.39, 0.29) is 0 Å². The minimum Gasteiger partial charge on any atom is -0.289 e. The first kappa shape index (κ1) is 14.9. The fraction of sp³-hybridized carbons (Fsp3) is 0.176. The van der Waals surface area contributed by atoms with E-state index in [0.29, 0.717) is 5.56 Å². The average molecular weight is 310 g/mol. The van der Waals surface area contributed by atoms with Crippen molar-refractivity contribution in [1.29, 1.82) is 5.26 Å². The van der Waals surface area contributed by atoms with E-state index < -0.39 is 35.5 Å². The molecule has 0 spiro atoms. The molecule has 0 radical (unpaired) electrons. The summed E-state index contributed by atoms with van der Waals surface area (Å²) in [4.78, 5) is 24.4. The van der Waals surface area contributed by atoms with Crippen molar-refractivity contribution in [3.05, 3.63) is 66.2 Å². The second-order valence-corrected chi connectivity index (χ2v) is 5.31. The number of nitrogens with zero attached hydrogens (tertiary/aromatic N) is 2. The molecule has 1 saturated heterocycles. The summed E-state index contributed by atoms with van der Waals surface area (Å²) in [6, 6.07) is 12.0. The molecule has 0 saturated carbocycles. The van der Waals surface area contributed by atoms with Gasteiger partial charge in [-0.1, -0.05) is 18.2 Å². The Morgan fingerprint density at radius 1 is 1.04 bits per heavy atom. The zero-order valence-electron chi connectivity index (χ0n) is 12.0. The van der Waals surface area contributed by atoms with E-state index in [1.54, 1.807) is 35.2 Å². The van der Waals surface area contributed by atoms with Crippen molar-refractivity contribution in [3.8, 4) is 6.07 Å². The highest BCUT2D eigenvalue weighted by atomic mass is 19.1. The number of pyridine rings is 1. The molecule has 3 atom stereocenters. The molecule has 114 valence electrons. The van der Waals surface area contributed by atoms with Gasteiger partial charge in [-0.25, -0.2) is 4.39 Å². The zero-order valence-corrected chi connectivity index (χ0v) is 12.0. The number of piperidine rings is 1. The second-order valence-electron chi connectivity index (χ2n) is 5.31. The van der Waals surface area contributed by atoms with Gasteiger partial charge in [-0.2, -0.15) is 9.83 Å². The fourth-order valence-corrected chi connectivity index (χ4v) is 2.90. The quantitative estimate of drug-likeness (QED) is 0.670. The molecule has 1 aromatic heterocycles. The molecule has 6 heteroatoms. The van der Waals surface area contributed by atoms with Crippen LogP contribution in [0.4, 0.5) is 4.39 Å². The molecule has 0 aliphatic carbocycles. The Balaban J connectivity index is 2.13. The molecule has 2 heterocycles. The van der Waals surface area contributed by atoms with Crippen molar-refractivity contribution in [2.75, 3.05) is 0 Å². The number of imide groups is 1. The maximum atomic E-state index is 13.2. The van der Waals surface area contributed by atoms with Crippen LogP contribution >= 0.6 is 0 Å².